The number of pyridine rings is 1. The lowest BCUT2D eigenvalue weighted by molar-refractivity contribution is -0.146. The van der Waals surface area contributed by atoms with Gasteiger partial charge in [0.05, 0.1) is 19.3 Å². The maximum absolute atomic E-state index is 12.3. The number of alkyl halides is 3. The van der Waals surface area contributed by atoms with E-state index in [-0.39, 0.29) is 19.6 Å². The number of nitrogens with zero attached hydrogens (tertiary/aromatic N) is 2. The van der Waals surface area contributed by atoms with Crippen LogP contribution in [0.2, 0.25) is 0 Å². The van der Waals surface area contributed by atoms with Crippen molar-refractivity contribution >= 4 is 0 Å². The summed E-state index contributed by atoms with van der Waals surface area (Å²) in [5, 5.41) is 0. The first kappa shape index (κ1) is 14.7. The van der Waals surface area contributed by atoms with Crippen LogP contribution in [0.25, 0.3) is 0 Å². The van der Waals surface area contributed by atoms with Crippen molar-refractivity contribution in [2.45, 2.75) is 12.7 Å². The van der Waals surface area contributed by atoms with Crippen LogP contribution < -0.4 is 10.5 Å². The van der Waals surface area contributed by atoms with Crippen LogP contribution in [-0.4, -0.2) is 42.8 Å². The summed E-state index contributed by atoms with van der Waals surface area (Å²) in [7, 11) is 1.46. The summed E-state index contributed by atoms with van der Waals surface area (Å²) in [6.07, 6.45) is -4.24. The molecular formula is C11H16F3N3O. The molecule has 1 rings (SSSR count). The van der Waals surface area contributed by atoms with Gasteiger partial charge >= 0.3 is 6.18 Å². The van der Waals surface area contributed by atoms with Crippen molar-refractivity contribution in [2.75, 3.05) is 26.7 Å². The first-order valence-electron chi connectivity index (χ1n) is 5.43. The highest BCUT2D eigenvalue weighted by atomic mass is 19.4. The van der Waals surface area contributed by atoms with Crippen molar-refractivity contribution in [1.29, 1.82) is 0 Å². The molecule has 0 radical (unpaired) electrons. The Morgan fingerprint density at radius 1 is 1.39 bits per heavy atom. The van der Waals surface area contributed by atoms with Crippen LogP contribution >= 0.6 is 0 Å². The smallest absolute Gasteiger partial charge is 0.401 e. The zero-order chi connectivity index (χ0) is 13.6. The van der Waals surface area contributed by atoms with E-state index in [9.17, 15) is 13.2 Å². The third-order valence-electron chi connectivity index (χ3n) is 2.22. The van der Waals surface area contributed by atoms with Gasteiger partial charge in [-0.3, -0.25) is 4.90 Å². The molecule has 0 bridgehead atoms. The largest absolute Gasteiger partial charge is 0.481 e. The minimum absolute atomic E-state index is 0.0912. The Kier molecular flexibility index (Phi) is 5.36. The average Bonchev–Trinajstić information content (AvgIpc) is 2.27. The lowest BCUT2D eigenvalue weighted by Crippen LogP contribution is -2.37. The van der Waals surface area contributed by atoms with Gasteiger partial charge in [-0.25, -0.2) is 4.98 Å². The van der Waals surface area contributed by atoms with Gasteiger partial charge in [0.15, 0.2) is 0 Å². The highest BCUT2D eigenvalue weighted by Gasteiger charge is 2.30. The van der Waals surface area contributed by atoms with Gasteiger partial charge in [0, 0.05) is 25.7 Å². The Balaban J connectivity index is 2.69. The second-order valence-corrected chi connectivity index (χ2v) is 3.79. The molecule has 4 nitrogen and oxygen atoms in total. The van der Waals surface area contributed by atoms with Crippen LogP contribution in [0.5, 0.6) is 5.88 Å². The maximum atomic E-state index is 12.3. The molecule has 18 heavy (non-hydrogen) atoms. The van der Waals surface area contributed by atoms with Gasteiger partial charge in [-0.2, -0.15) is 13.2 Å². The molecular weight excluding hydrogens is 247 g/mol. The second kappa shape index (κ2) is 6.55. The average molecular weight is 263 g/mol. The Morgan fingerprint density at radius 3 is 2.67 bits per heavy atom. The van der Waals surface area contributed by atoms with Gasteiger partial charge < -0.3 is 10.5 Å². The number of ether oxygens (including phenoxy) is 1. The fourth-order valence-corrected chi connectivity index (χ4v) is 1.54. The molecule has 0 aliphatic heterocycles. The zero-order valence-corrected chi connectivity index (χ0v) is 10.1. The second-order valence-electron chi connectivity index (χ2n) is 3.79. The van der Waals surface area contributed by atoms with Crippen molar-refractivity contribution in [3.8, 4) is 5.88 Å². The fraction of sp³-hybridized carbons (Fsp3) is 0.545. The van der Waals surface area contributed by atoms with Crippen molar-refractivity contribution in [3.05, 3.63) is 23.9 Å². The molecule has 0 aromatic carbocycles. The Hall–Kier alpha value is -1.34. The third kappa shape index (κ3) is 5.33. The highest BCUT2D eigenvalue weighted by Crippen LogP contribution is 2.18. The van der Waals surface area contributed by atoms with E-state index in [0.717, 1.165) is 0 Å². The summed E-state index contributed by atoms with van der Waals surface area (Å²) < 4.78 is 42.0. The summed E-state index contributed by atoms with van der Waals surface area (Å²) in [6, 6.07) is 4.98. The molecule has 1 aromatic heterocycles. The molecule has 0 saturated heterocycles. The van der Waals surface area contributed by atoms with Crippen LogP contribution in [0.15, 0.2) is 18.2 Å². The van der Waals surface area contributed by atoms with E-state index in [4.69, 9.17) is 10.5 Å². The van der Waals surface area contributed by atoms with E-state index in [0.29, 0.717) is 11.6 Å². The molecule has 0 unspecified atom stereocenters. The van der Waals surface area contributed by atoms with E-state index < -0.39 is 12.7 Å². The molecule has 7 heteroatoms. The predicted octanol–water partition coefficient (Wildman–Crippen LogP) is 1.41. The number of nitrogens with two attached hydrogens (primary N) is 1. The summed E-state index contributed by atoms with van der Waals surface area (Å²) >= 11 is 0. The van der Waals surface area contributed by atoms with E-state index >= 15 is 0 Å². The predicted molar refractivity (Wildman–Crippen MR) is 61.2 cm³/mol. The summed E-state index contributed by atoms with van der Waals surface area (Å²) in [4.78, 5) is 5.28. The fourth-order valence-electron chi connectivity index (χ4n) is 1.54. The molecule has 0 amide bonds. The molecule has 2 N–H and O–H groups in total. The molecule has 0 spiro atoms. The zero-order valence-electron chi connectivity index (χ0n) is 10.1. The van der Waals surface area contributed by atoms with Gasteiger partial charge in [-0.05, 0) is 6.07 Å². The number of aromatic nitrogens is 1. The Bertz CT molecular complexity index is 371. The van der Waals surface area contributed by atoms with Crippen molar-refractivity contribution in [1.82, 2.24) is 9.88 Å². The topological polar surface area (TPSA) is 51.4 Å². The normalized spacial score (nSPS) is 11.9. The summed E-state index contributed by atoms with van der Waals surface area (Å²) in [5.41, 5.74) is 5.82. The van der Waals surface area contributed by atoms with Gasteiger partial charge in [-0.1, -0.05) is 6.07 Å². The third-order valence-corrected chi connectivity index (χ3v) is 2.22. The molecule has 0 fully saturated rings. The molecule has 0 aliphatic rings. The number of hydrogen-bond acceptors (Lipinski definition) is 4. The number of halogens is 3. The van der Waals surface area contributed by atoms with Gasteiger partial charge in [0.25, 0.3) is 0 Å². The van der Waals surface area contributed by atoms with Crippen LogP contribution in [0.3, 0.4) is 0 Å². The lowest BCUT2D eigenvalue weighted by atomic mass is 10.3. The highest BCUT2D eigenvalue weighted by molar-refractivity contribution is 5.15. The molecule has 1 heterocycles. The van der Waals surface area contributed by atoms with Crippen LogP contribution in [0.4, 0.5) is 13.2 Å². The van der Waals surface area contributed by atoms with Crippen molar-refractivity contribution in [3.63, 3.8) is 0 Å². The Morgan fingerprint density at radius 2 is 2.11 bits per heavy atom. The van der Waals surface area contributed by atoms with E-state index in [1.165, 1.54) is 12.0 Å². The lowest BCUT2D eigenvalue weighted by Gasteiger charge is -2.22. The number of methoxy groups -OCH3 is 1. The monoisotopic (exact) mass is 263 g/mol. The minimum atomic E-state index is -4.24. The van der Waals surface area contributed by atoms with Crippen LogP contribution in [0, 0.1) is 0 Å². The van der Waals surface area contributed by atoms with Crippen molar-refractivity contribution in [2.24, 2.45) is 5.73 Å². The summed E-state index contributed by atoms with van der Waals surface area (Å²) in [6.45, 7) is -0.574. The van der Waals surface area contributed by atoms with Crippen LogP contribution in [0.1, 0.15) is 5.69 Å². The Labute approximate surface area is 104 Å². The van der Waals surface area contributed by atoms with E-state index in [2.05, 4.69) is 4.98 Å². The molecule has 1 aromatic rings. The minimum Gasteiger partial charge on any atom is -0.481 e. The SMILES string of the molecule is COc1cccc(CN(CCN)CC(F)(F)F)n1. The van der Waals surface area contributed by atoms with Gasteiger partial charge in [0.1, 0.15) is 0 Å². The number of rotatable bonds is 6. The van der Waals surface area contributed by atoms with E-state index in [1.807, 2.05) is 0 Å². The van der Waals surface area contributed by atoms with Gasteiger partial charge in [0.2, 0.25) is 5.88 Å². The molecule has 0 atom stereocenters. The van der Waals surface area contributed by atoms with Crippen LogP contribution in [-0.2, 0) is 6.54 Å². The standard InChI is InChI=1S/C11H16F3N3O/c1-18-10-4-2-3-9(16-10)7-17(6-5-15)8-11(12,13)14/h2-4H,5-8,15H2,1H3. The maximum Gasteiger partial charge on any atom is 0.401 e. The number of hydrogen-bond donors (Lipinski definition) is 1. The molecule has 102 valence electrons. The molecule has 0 aliphatic carbocycles. The summed E-state index contributed by atoms with van der Waals surface area (Å²) in [5.74, 6) is 0.382. The molecule has 0 saturated carbocycles. The first-order chi connectivity index (χ1) is 8.44. The van der Waals surface area contributed by atoms with Crippen molar-refractivity contribution < 1.29 is 17.9 Å². The van der Waals surface area contributed by atoms with Gasteiger partial charge in [-0.15, -0.1) is 0 Å². The first-order valence-corrected chi connectivity index (χ1v) is 5.43. The van der Waals surface area contributed by atoms with E-state index in [1.54, 1.807) is 18.2 Å². The quantitative estimate of drug-likeness (QED) is 0.843.